The Balaban J connectivity index is 1.66. The molecular weight excluding hydrogens is 290 g/mol. The summed E-state index contributed by atoms with van der Waals surface area (Å²) in [6.45, 7) is 2.18. The average Bonchev–Trinajstić information content (AvgIpc) is 3.02. The highest BCUT2D eigenvalue weighted by Crippen LogP contribution is 2.30. The van der Waals surface area contributed by atoms with Crippen LogP contribution in [0.4, 0.5) is 0 Å². The van der Waals surface area contributed by atoms with Gasteiger partial charge in [0.1, 0.15) is 17.5 Å². The monoisotopic (exact) mass is 309 g/mol. The third-order valence-corrected chi connectivity index (χ3v) is 4.35. The quantitative estimate of drug-likeness (QED) is 0.744. The lowest BCUT2D eigenvalue weighted by atomic mass is 10.1. The highest BCUT2D eigenvalue weighted by molar-refractivity contribution is 5.80. The second-order valence-electron chi connectivity index (χ2n) is 5.95. The normalized spacial score (nSPS) is 16.7. The van der Waals surface area contributed by atoms with Gasteiger partial charge in [0.2, 0.25) is 5.88 Å². The van der Waals surface area contributed by atoms with E-state index in [0.717, 1.165) is 42.7 Å². The van der Waals surface area contributed by atoms with Crippen LogP contribution in [0.5, 0.6) is 11.6 Å². The molecule has 23 heavy (non-hydrogen) atoms. The zero-order valence-electron chi connectivity index (χ0n) is 13.1. The minimum absolute atomic E-state index is 0.392. The smallest absolute Gasteiger partial charge is 0.233 e. The van der Waals surface area contributed by atoms with E-state index in [1.807, 2.05) is 41.2 Å². The van der Waals surface area contributed by atoms with Crippen LogP contribution in [0.25, 0.3) is 11.0 Å². The zero-order chi connectivity index (χ0) is 15.6. The molecule has 1 aliphatic heterocycles. The second kappa shape index (κ2) is 5.96. The third-order valence-electron chi connectivity index (χ3n) is 4.35. The van der Waals surface area contributed by atoms with Gasteiger partial charge >= 0.3 is 0 Å². The Bertz CT molecular complexity index is 793. The molecule has 0 radical (unpaired) electrons. The maximum atomic E-state index is 5.90. The van der Waals surface area contributed by atoms with Gasteiger partial charge in [-0.05, 0) is 45.1 Å². The van der Waals surface area contributed by atoms with Crippen LogP contribution in [-0.4, -0.2) is 44.8 Å². The van der Waals surface area contributed by atoms with Crippen molar-refractivity contribution in [2.75, 3.05) is 20.1 Å². The Hall–Kier alpha value is -2.47. The molecule has 0 atom stereocenters. The molecule has 2 aromatic heterocycles. The Morgan fingerprint density at radius 3 is 2.65 bits per heavy atom. The molecule has 6 heteroatoms. The summed E-state index contributed by atoms with van der Waals surface area (Å²) < 4.78 is 7.93. The molecule has 0 bridgehead atoms. The van der Waals surface area contributed by atoms with Crippen molar-refractivity contribution in [3.8, 4) is 11.6 Å². The first-order valence-corrected chi connectivity index (χ1v) is 7.91. The fraction of sp³-hybridized carbons (Fsp3) is 0.353. The molecular formula is C17H19N5O. The number of nitrogens with zero attached hydrogens (tertiary/aromatic N) is 5. The van der Waals surface area contributed by atoms with E-state index in [1.54, 1.807) is 6.33 Å². The molecule has 0 aliphatic carbocycles. The van der Waals surface area contributed by atoms with E-state index >= 15 is 0 Å². The molecule has 1 saturated heterocycles. The molecule has 1 aromatic carbocycles. The lowest BCUT2D eigenvalue weighted by molar-refractivity contribution is 0.215. The Morgan fingerprint density at radius 2 is 1.87 bits per heavy atom. The molecule has 3 aromatic rings. The Morgan fingerprint density at radius 1 is 1.09 bits per heavy atom. The summed E-state index contributed by atoms with van der Waals surface area (Å²) in [6, 6.07) is 10.1. The summed E-state index contributed by atoms with van der Waals surface area (Å²) in [7, 11) is 2.16. The number of para-hydroxylation sites is 1. The van der Waals surface area contributed by atoms with Gasteiger partial charge in [0, 0.05) is 0 Å². The number of benzene rings is 1. The fourth-order valence-electron chi connectivity index (χ4n) is 3.03. The maximum Gasteiger partial charge on any atom is 0.233 e. The van der Waals surface area contributed by atoms with Crippen LogP contribution in [0, 0.1) is 0 Å². The van der Waals surface area contributed by atoms with Gasteiger partial charge in [0.25, 0.3) is 0 Å². The van der Waals surface area contributed by atoms with E-state index < -0.39 is 0 Å². The molecule has 6 nitrogen and oxygen atoms in total. The molecule has 0 unspecified atom stereocenters. The van der Waals surface area contributed by atoms with E-state index in [0.29, 0.717) is 11.9 Å². The Labute approximate surface area is 134 Å². The number of hydrogen-bond donors (Lipinski definition) is 0. The summed E-state index contributed by atoms with van der Waals surface area (Å²) in [5, 5.41) is 5.42. The summed E-state index contributed by atoms with van der Waals surface area (Å²) in [5.74, 6) is 1.32. The van der Waals surface area contributed by atoms with Gasteiger partial charge in [-0.2, -0.15) is 5.10 Å². The van der Waals surface area contributed by atoms with Gasteiger partial charge in [-0.15, -0.1) is 0 Å². The van der Waals surface area contributed by atoms with Crippen molar-refractivity contribution < 1.29 is 4.74 Å². The van der Waals surface area contributed by atoms with Gasteiger partial charge < -0.3 is 9.64 Å². The minimum atomic E-state index is 0.392. The van der Waals surface area contributed by atoms with E-state index in [4.69, 9.17) is 4.74 Å². The number of ether oxygens (including phenoxy) is 1. The molecule has 0 amide bonds. The summed E-state index contributed by atoms with van der Waals surface area (Å²) in [6.07, 6.45) is 5.54. The van der Waals surface area contributed by atoms with Crippen molar-refractivity contribution in [2.45, 2.75) is 18.9 Å². The molecule has 0 spiro atoms. The van der Waals surface area contributed by atoms with Crippen molar-refractivity contribution in [1.82, 2.24) is 24.6 Å². The van der Waals surface area contributed by atoms with Crippen LogP contribution >= 0.6 is 0 Å². The second-order valence-corrected chi connectivity index (χ2v) is 5.95. The first-order valence-electron chi connectivity index (χ1n) is 7.91. The van der Waals surface area contributed by atoms with Crippen LogP contribution in [-0.2, 0) is 0 Å². The number of fused-ring (bicyclic) bond motifs is 1. The average molecular weight is 309 g/mol. The first kappa shape index (κ1) is 14.1. The number of rotatable bonds is 3. The maximum absolute atomic E-state index is 5.90. The molecule has 1 aliphatic rings. The van der Waals surface area contributed by atoms with E-state index in [1.165, 1.54) is 0 Å². The van der Waals surface area contributed by atoms with Crippen molar-refractivity contribution >= 4 is 11.0 Å². The minimum Gasteiger partial charge on any atom is -0.438 e. The van der Waals surface area contributed by atoms with Crippen molar-refractivity contribution in [2.24, 2.45) is 0 Å². The van der Waals surface area contributed by atoms with Crippen molar-refractivity contribution in [1.29, 1.82) is 0 Å². The lowest BCUT2D eigenvalue weighted by Gasteiger charge is -2.29. The highest BCUT2D eigenvalue weighted by Gasteiger charge is 2.22. The van der Waals surface area contributed by atoms with Gasteiger partial charge in [0.15, 0.2) is 5.65 Å². The predicted molar refractivity (Wildman–Crippen MR) is 87.6 cm³/mol. The van der Waals surface area contributed by atoms with E-state index in [2.05, 4.69) is 27.0 Å². The number of aromatic nitrogens is 4. The molecule has 0 saturated carbocycles. The predicted octanol–water partition coefficient (Wildman–Crippen LogP) is 2.89. The summed E-state index contributed by atoms with van der Waals surface area (Å²) >= 11 is 0. The van der Waals surface area contributed by atoms with Crippen molar-refractivity contribution in [3.05, 3.63) is 42.9 Å². The van der Waals surface area contributed by atoms with Gasteiger partial charge in [0.05, 0.1) is 12.2 Å². The largest absolute Gasteiger partial charge is 0.438 e. The fourth-order valence-corrected chi connectivity index (χ4v) is 3.03. The summed E-state index contributed by atoms with van der Waals surface area (Å²) in [4.78, 5) is 11.1. The van der Waals surface area contributed by atoms with E-state index in [-0.39, 0.29) is 0 Å². The number of likely N-dealkylation sites (tertiary alicyclic amines) is 1. The van der Waals surface area contributed by atoms with Gasteiger partial charge in [-0.1, -0.05) is 18.2 Å². The molecule has 0 N–H and O–H groups in total. The Kier molecular flexibility index (Phi) is 3.67. The zero-order valence-corrected chi connectivity index (χ0v) is 13.1. The van der Waals surface area contributed by atoms with Crippen LogP contribution in [0.1, 0.15) is 18.9 Å². The van der Waals surface area contributed by atoms with Gasteiger partial charge in [-0.3, -0.25) is 0 Å². The summed E-state index contributed by atoms with van der Waals surface area (Å²) in [5.41, 5.74) is 0.848. The standard InChI is InChI=1S/C17H19N5O/c1-21-9-7-13(8-10-21)22-16-15(11-20-22)17(19-12-18-16)23-14-5-3-2-4-6-14/h2-6,11-13H,7-10H2,1H3. The lowest BCUT2D eigenvalue weighted by Crippen LogP contribution is -2.31. The number of piperidine rings is 1. The third kappa shape index (κ3) is 2.77. The molecule has 3 heterocycles. The van der Waals surface area contributed by atoms with E-state index in [9.17, 15) is 0 Å². The number of hydrogen-bond acceptors (Lipinski definition) is 5. The van der Waals surface area contributed by atoms with Crippen molar-refractivity contribution in [3.63, 3.8) is 0 Å². The first-order chi connectivity index (χ1) is 11.3. The van der Waals surface area contributed by atoms with Gasteiger partial charge in [-0.25, -0.2) is 14.6 Å². The topological polar surface area (TPSA) is 56.1 Å². The SMILES string of the molecule is CN1CCC(n2ncc3c(Oc4ccccc4)ncnc32)CC1. The molecule has 1 fully saturated rings. The van der Waals surface area contributed by atoms with Crippen LogP contribution < -0.4 is 4.74 Å². The molecule has 4 rings (SSSR count). The van der Waals surface area contributed by atoms with Crippen LogP contribution in [0.2, 0.25) is 0 Å². The molecule has 118 valence electrons. The highest BCUT2D eigenvalue weighted by atomic mass is 16.5. The van der Waals surface area contributed by atoms with Crippen LogP contribution in [0.15, 0.2) is 42.9 Å². The van der Waals surface area contributed by atoms with Crippen LogP contribution in [0.3, 0.4) is 0 Å².